The molecule has 0 saturated carbocycles. The fraction of sp³-hybridized carbons (Fsp3) is 0.400. The van der Waals surface area contributed by atoms with Gasteiger partial charge in [-0.3, -0.25) is 10.1 Å². The van der Waals surface area contributed by atoms with Crippen molar-refractivity contribution in [2.45, 2.75) is 24.7 Å². The lowest BCUT2D eigenvalue weighted by atomic mass is 10.3. The van der Waals surface area contributed by atoms with Crippen molar-refractivity contribution in [3.63, 3.8) is 0 Å². The normalized spacial score (nSPS) is 11.4. The summed E-state index contributed by atoms with van der Waals surface area (Å²) in [6.45, 7) is 2.21. The monoisotopic (exact) mass is 273 g/mol. The lowest BCUT2D eigenvalue weighted by Crippen LogP contribution is -2.25. The Morgan fingerprint density at radius 1 is 1.44 bits per heavy atom. The van der Waals surface area contributed by atoms with Crippen LogP contribution in [0.5, 0.6) is 0 Å². The summed E-state index contributed by atoms with van der Waals surface area (Å²) in [6, 6.07) is 3.34. The number of rotatable bonds is 6. The van der Waals surface area contributed by atoms with Crippen LogP contribution in [0.25, 0.3) is 0 Å². The van der Waals surface area contributed by atoms with Crippen LogP contribution in [0, 0.1) is 10.1 Å². The third-order valence-electron chi connectivity index (χ3n) is 2.32. The summed E-state index contributed by atoms with van der Waals surface area (Å²) in [7, 11) is -3.80. The topological polar surface area (TPSA) is 115 Å². The van der Waals surface area contributed by atoms with Gasteiger partial charge in [0.1, 0.15) is 4.90 Å². The Morgan fingerprint density at radius 2 is 2.11 bits per heavy atom. The van der Waals surface area contributed by atoms with E-state index in [1.807, 2.05) is 6.92 Å². The number of nitro groups is 1. The van der Waals surface area contributed by atoms with Gasteiger partial charge in [-0.1, -0.05) is 13.3 Å². The van der Waals surface area contributed by atoms with Gasteiger partial charge in [-0.2, -0.15) is 0 Å². The minimum absolute atomic E-state index is 0.00963. The highest BCUT2D eigenvalue weighted by atomic mass is 32.2. The lowest BCUT2D eigenvalue weighted by molar-refractivity contribution is -0.385. The molecular formula is C10H15N3O4S. The van der Waals surface area contributed by atoms with Crippen LogP contribution in [0.2, 0.25) is 0 Å². The lowest BCUT2D eigenvalue weighted by Gasteiger charge is -2.08. The first-order chi connectivity index (χ1) is 8.38. The number of hydrogen-bond acceptors (Lipinski definition) is 5. The molecule has 0 bridgehead atoms. The van der Waals surface area contributed by atoms with Gasteiger partial charge < -0.3 is 5.73 Å². The first kappa shape index (κ1) is 14.4. The van der Waals surface area contributed by atoms with Crippen molar-refractivity contribution in [1.29, 1.82) is 0 Å². The van der Waals surface area contributed by atoms with E-state index in [1.165, 1.54) is 12.1 Å². The number of nitrogens with zero attached hydrogens (tertiary/aromatic N) is 1. The predicted molar refractivity (Wildman–Crippen MR) is 67.6 cm³/mol. The Morgan fingerprint density at radius 3 is 2.67 bits per heavy atom. The van der Waals surface area contributed by atoms with E-state index < -0.39 is 14.9 Å². The van der Waals surface area contributed by atoms with E-state index in [-0.39, 0.29) is 22.8 Å². The van der Waals surface area contributed by atoms with E-state index >= 15 is 0 Å². The van der Waals surface area contributed by atoms with Gasteiger partial charge in [-0.15, -0.1) is 0 Å². The quantitative estimate of drug-likeness (QED) is 0.350. The highest BCUT2D eigenvalue weighted by Crippen LogP contribution is 2.23. The number of sulfonamides is 1. The maximum atomic E-state index is 11.9. The molecule has 0 saturated heterocycles. The van der Waals surface area contributed by atoms with E-state index in [9.17, 15) is 18.5 Å². The van der Waals surface area contributed by atoms with Gasteiger partial charge in [0.2, 0.25) is 10.0 Å². The van der Waals surface area contributed by atoms with Gasteiger partial charge in [-0.05, 0) is 12.5 Å². The Labute approximate surface area is 105 Å². The third kappa shape index (κ3) is 3.41. The number of nitro benzene ring substituents is 1. The number of benzene rings is 1. The molecule has 3 N–H and O–H groups in total. The Kier molecular flexibility index (Phi) is 4.62. The van der Waals surface area contributed by atoms with Crippen molar-refractivity contribution in [2.24, 2.45) is 0 Å². The summed E-state index contributed by atoms with van der Waals surface area (Å²) < 4.78 is 26.1. The number of nitrogen functional groups attached to an aromatic ring is 1. The molecule has 0 radical (unpaired) electrons. The smallest absolute Gasteiger partial charge is 0.270 e. The molecule has 0 fully saturated rings. The number of non-ortho nitro benzene ring substituents is 1. The van der Waals surface area contributed by atoms with Crippen LogP contribution in [0.15, 0.2) is 23.1 Å². The SMILES string of the molecule is CCCCNS(=O)(=O)c1cc([N+](=O)[O-])ccc1N. The van der Waals surface area contributed by atoms with Crippen molar-refractivity contribution in [1.82, 2.24) is 4.72 Å². The Hall–Kier alpha value is -1.67. The Balaban J connectivity index is 3.07. The summed E-state index contributed by atoms with van der Waals surface area (Å²) in [5.41, 5.74) is 5.22. The maximum absolute atomic E-state index is 11.9. The highest BCUT2D eigenvalue weighted by Gasteiger charge is 2.20. The highest BCUT2D eigenvalue weighted by molar-refractivity contribution is 7.89. The first-order valence-corrected chi connectivity index (χ1v) is 6.90. The molecule has 1 aromatic rings. The van der Waals surface area contributed by atoms with E-state index in [1.54, 1.807) is 0 Å². The van der Waals surface area contributed by atoms with Crippen molar-refractivity contribution >= 4 is 21.4 Å². The van der Waals surface area contributed by atoms with Crippen LogP contribution in [0.4, 0.5) is 11.4 Å². The summed E-state index contributed by atoms with van der Waals surface area (Å²) in [4.78, 5) is 9.68. The number of hydrogen-bond donors (Lipinski definition) is 2. The van der Waals surface area contributed by atoms with Gasteiger partial charge in [0, 0.05) is 18.7 Å². The van der Waals surface area contributed by atoms with E-state index in [2.05, 4.69) is 4.72 Å². The molecule has 0 unspecified atom stereocenters. The third-order valence-corrected chi connectivity index (χ3v) is 3.84. The zero-order chi connectivity index (χ0) is 13.8. The Bertz CT molecular complexity index is 542. The molecule has 0 amide bonds. The van der Waals surface area contributed by atoms with Gasteiger partial charge >= 0.3 is 0 Å². The molecule has 1 rings (SSSR count). The average molecular weight is 273 g/mol. The van der Waals surface area contributed by atoms with Crippen molar-refractivity contribution < 1.29 is 13.3 Å². The van der Waals surface area contributed by atoms with E-state index in [0.29, 0.717) is 6.42 Å². The van der Waals surface area contributed by atoms with Gasteiger partial charge in [0.25, 0.3) is 5.69 Å². The van der Waals surface area contributed by atoms with Gasteiger partial charge in [0.15, 0.2) is 0 Å². The second-order valence-electron chi connectivity index (χ2n) is 3.73. The van der Waals surface area contributed by atoms with Crippen molar-refractivity contribution in [3.8, 4) is 0 Å². The molecule has 8 heteroatoms. The molecular weight excluding hydrogens is 258 g/mol. The second kappa shape index (κ2) is 5.78. The maximum Gasteiger partial charge on any atom is 0.270 e. The van der Waals surface area contributed by atoms with Gasteiger partial charge in [-0.25, -0.2) is 13.1 Å². The van der Waals surface area contributed by atoms with E-state index in [4.69, 9.17) is 5.73 Å². The standard InChI is InChI=1S/C10H15N3O4S/c1-2-3-6-12-18(16,17)10-7-8(13(14)15)4-5-9(10)11/h4-5,7,12H,2-3,6,11H2,1H3. The number of anilines is 1. The molecule has 0 aliphatic carbocycles. The molecule has 100 valence electrons. The molecule has 0 aliphatic heterocycles. The predicted octanol–water partition coefficient (Wildman–Crippen LogP) is 1.26. The van der Waals surface area contributed by atoms with Crippen LogP contribution in [-0.2, 0) is 10.0 Å². The largest absolute Gasteiger partial charge is 0.398 e. The molecule has 18 heavy (non-hydrogen) atoms. The summed E-state index contributed by atoms with van der Waals surface area (Å²) in [6.07, 6.45) is 1.53. The molecule has 1 aromatic carbocycles. The number of nitrogens with one attached hydrogen (secondary N) is 1. The molecule has 0 heterocycles. The molecule has 0 aromatic heterocycles. The number of unbranched alkanes of at least 4 members (excludes halogenated alkanes) is 1. The molecule has 0 aliphatic rings. The van der Waals surface area contributed by atoms with Crippen LogP contribution in [0.1, 0.15) is 19.8 Å². The molecule has 0 spiro atoms. The van der Waals surface area contributed by atoms with E-state index in [0.717, 1.165) is 12.5 Å². The van der Waals surface area contributed by atoms with Crippen LogP contribution in [-0.4, -0.2) is 19.9 Å². The second-order valence-corrected chi connectivity index (χ2v) is 5.47. The fourth-order valence-corrected chi connectivity index (χ4v) is 2.55. The summed E-state index contributed by atoms with van der Waals surface area (Å²) >= 11 is 0. The summed E-state index contributed by atoms with van der Waals surface area (Å²) in [5, 5.41) is 10.6. The summed E-state index contributed by atoms with van der Waals surface area (Å²) in [5.74, 6) is 0. The molecule has 0 atom stereocenters. The zero-order valence-electron chi connectivity index (χ0n) is 9.92. The molecule has 7 nitrogen and oxygen atoms in total. The van der Waals surface area contributed by atoms with Crippen LogP contribution >= 0.6 is 0 Å². The minimum atomic E-state index is -3.80. The van der Waals surface area contributed by atoms with Crippen LogP contribution in [0.3, 0.4) is 0 Å². The van der Waals surface area contributed by atoms with Crippen molar-refractivity contribution in [2.75, 3.05) is 12.3 Å². The average Bonchev–Trinajstić information content (AvgIpc) is 2.29. The van der Waals surface area contributed by atoms with Gasteiger partial charge in [0.05, 0.1) is 10.6 Å². The minimum Gasteiger partial charge on any atom is -0.398 e. The fourth-order valence-electron chi connectivity index (χ4n) is 1.33. The first-order valence-electron chi connectivity index (χ1n) is 5.42. The van der Waals surface area contributed by atoms with Crippen molar-refractivity contribution in [3.05, 3.63) is 28.3 Å². The number of nitrogens with two attached hydrogens (primary N) is 1. The zero-order valence-corrected chi connectivity index (χ0v) is 10.7. The van der Waals surface area contributed by atoms with Crippen LogP contribution < -0.4 is 10.5 Å².